The lowest BCUT2D eigenvalue weighted by Gasteiger charge is -2.05. The number of hydrogen-bond acceptors (Lipinski definition) is 3. The van der Waals surface area contributed by atoms with E-state index in [2.05, 4.69) is 17.3 Å². The lowest BCUT2D eigenvalue weighted by atomic mass is 10.2. The second-order valence-corrected chi connectivity index (χ2v) is 4.13. The number of nitrogens with zero attached hydrogens (tertiary/aromatic N) is 2. The summed E-state index contributed by atoms with van der Waals surface area (Å²) in [5, 5.41) is 16.2. The first-order chi connectivity index (χ1) is 7.09. The highest BCUT2D eigenvalue weighted by atomic mass is 16.4. The maximum atomic E-state index is 10.9. The molecule has 1 saturated carbocycles. The van der Waals surface area contributed by atoms with Gasteiger partial charge in [-0.3, -0.25) is 4.68 Å². The van der Waals surface area contributed by atoms with Gasteiger partial charge < -0.3 is 10.4 Å². The Kier molecular flexibility index (Phi) is 2.48. The molecule has 0 saturated heterocycles. The molecule has 0 aromatic carbocycles. The summed E-state index contributed by atoms with van der Waals surface area (Å²) in [5.41, 5.74) is 1.03. The Morgan fingerprint density at radius 1 is 1.80 bits per heavy atom. The van der Waals surface area contributed by atoms with Crippen LogP contribution in [0.15, 0.2) is 6.20 Å². The maximum Gasteiger partial charge on any atom is 0.339 e. The second-order valence-electron chi connectivity index (χ2n) is 4.13. The highest BCUT2D eigenvalue weighted by Gasteiger charge is 2.32. The molecule has 1 fully saturated rings. The fourth-order valence-electron chi connectivity index (χ4n) is 1.69. The van der Waals surface area contributed by atoms with E-state index >= 15 is 0 Å². The molecular weight excluding hydrogens is 194 g/mol. The zero-order chi connectivity index (χ0) is 11.0. The molecule has 2 unspecified atom stereocenters. The van der Waals surface area contributed by atoms with Crippen molar-refractivity contribution in [2.24, 2.45) is 13.0 Å². The van der Waals surface area contributed by atoms with E-state index in [4.69, 9.17) is 5.11 Å². The lowest BCUT2D eigenvalue weighted by Crippen LogP contribution is -2.20. The summed E-state index contributed by atoms with van der Waals surface area (Å²) in [6.45, 7) is 2.76. The molecule has 1 heterocycles. The molecule has 0 radical (unpaired) electrons. The molecule has 2 N–H and O–H groups in total. The highest BCUT2D eigenvalue weighted by molar-refractivity contribution is 5.88. The minimum Gasteiger partial charge on any atom is -0.478 e. The minimum atomic E-state index is -0.913. The van der Waals surface area contributed by atoms with Gasteiger partial charge in [-0.05, 0) is 12.3 Å². The van der Waals surface area contributed by atoms with Crippen LogP contribution in [0.1, 0.15) is 29.4 Å². The Morgan fingerprint density at radius 3 is 3.00 bits per heavy atom. The Balaban J connectivity index is 2.05. The molecule has 2 rings (SSSR count). The zero-order valence-electron chi connectivity index (χ0n) is 8.90. The van der Waals surface area contributed by atoms with Crippen molar-refractivity contribution in [1.82, 2.24) is 15.1 Å². The number of hydrogen-bond donors (Lipinski definition) is 2. The Hall–Kier alpha value is -1.36. The number of aromatic carboxylic acids is 1. The van der Waals surface area contributed by atoms with E-state index in [9.17, 15) is 4.79 Å². The molecule has 5 heteroatoms. The van der Waals surface area contributed by atoms with Gasteiger partial charge in [-0.15, -0.1) is 0 Å². The van der Waals surface area contributed by atoms with Crippen molar-refractivity contribution in [2.45, 2.75) is 25.9 Å². The number of rotatable bonds is 4. The van der Waals surface area contributed by atoms with Gasteiger partial charge in [0.15, 0.2) is 0 Å². The summed E-state index contributed by atoms with van der Waals surface area (Å²) in [6, 6.07) is 0.543. The molecule has 1 aliphatic rings. The van der Waals surface area contributed by atoms with Gasteiger partial charge in [-0.2, -0.15) is 5.10 Å². The summed E-state index contributed by atoms with van der Waals surface area (Å²) in [5.74, 6) is -0.199. The summed E-state index contributed by atoms with van der Waals surface area (Å²) in [7, 11) is 1.76. The predicted molar refractivity (Wildman–Crippen MR) is 54.6 cm³/mol. The van der Waals surface area contributed by atoms with Crippen molar-refractivity contribution >= 4 is 5.97 Å². The first kappa shape index (κ1) is 10.2. The van der Waals surface area contributed by atoms with Gasteiger partial charge in [-0.1, -0.05) is 6.92 Å². The van der Waals surface area contributed by atoms with E-state index in [0.29, 0.717) is 24.1 Å². The average Bonchev–Trinajstić information content (AvgIpc) is 2.73. The molecule has 0 amide bonds. The Morgan fingerprint density at radius 2 is 2.47 bits per heavy atom. The molecule has 0 spiro atoms. The highest BCUT2D eigenvalue weighted by Crippen LogP contribution is 2.29. The van der Waals surface area contributed by atoms with Gasteiger partial charge in [0.2, 0.25) is 0 Å². The summed E-state index contributed by atoms with van der Waals surface area (Å²) in [6.07, 6.45) is 2.58. The summed E-state index contributed by atoms with van der Waals surface area (Å²) < 4.78 is 1.61. The van der Waals surface area contributed by atoms with E-state index in [1.54, 1.807) is 11.7 Å². The van der Waals surface area contributed by atoms with Crippen molar-refractivity contribution in [3.05, 3.63) is 17.5 Å². The van der Waals surface area contributed by atoms with Crippen molar-refractivity contribution < 1.29 is 9.90 Å². The zero-order valence-corrected chi connectivity index (χ0v) is 8.90. The fraction of sp³-hybridized carbons (Fsp3) is 0.600. The van der Waals surface area contributed by atoms with Gasteiger partial charge in [0, 0.05) is 19.6 Å². The molecule has 1 aromatic heterocycles. The SMILES string of the molecule is CC1CC1NCc1c(C(=O)O)cnn1C. The van der Waals surface area contributed by atoms with Gasteiger partial charge in [0.1, 0.15) is 5.56 Å². The van der Waals surface area contributed by atoms with Crippen LogP contribution in [0.3, 0.4) is 0 Å². The standard InChI is InChI=1S/C10H15N3O2/c1-6-3-8(6)11-5-9-7(10(14)15)4-12-13(9)2/h4,6,8,11H,3,5H2,1-2H3,(H,14,15). The topological polar surface area (TPSA) is 67.2 Å². The smallest absolute Gasteiger partial charge is 0.339 e. The molecule has 5 nitrogen and oxygen atoms in total. The van der Waals surface area contributed by atoms with Crippen LogP contribution in [0.2, 0.25) is 0 Å². The molecule has 15 heavy (non-hydrogen) atoms. The normalized spacial score (nSPS) is 24.1. The quantitative estimate of drug-likeness (QED) is 0.762. The van der Waals surface area contributed by atoms with Crippen molar-refractivity contribution in [3.63, 3.8) is 0 Å². The number of carbonyl (C=O) groups is 1. The molecule has 1 aromatic rings. The van der Waals surface area contributed by atoms with Crippen molar-refractivity contribution in [3.8, 4) is 0 Å². The van der Waals surface area contributed by atoms with E-state index in [1.165, 1.54) is 12.6 Å². The number of aromatic nitrogens is 2. The third kappa shape index (κ3) is 2.02. The van der Waals surface area contributed by atoms with Crippen LogP contribution in [-0.4, -0.2) is 26.9 Å². The van der Waals surface area contributed by atoms with E-state index < -0.39 is 5.97 Å². The van der Waals surface area contributed by atoms with Gasteiger partial charge in [0.25, 0.3) is 0 Å². The van der Waals surface area contributed by atoms with E-state index in [0.717, 1.165) is 5.69 Å². The van der Waals surface area contributed by atoms with Crippen molar-refractivity contribution in [1.29, 1.82) is 0 Å². The molecule has 0 bridgehead atoms. The molecule has 0 aliphatic heterocycles. The maximum absolute atomic E-state index is 10.9. The van der Waals surface area contributed by atoms with E-state index in [-0.39, 0.29) is 0 Å². The largest absolute Gasteiger partial charge is 0.478 e. The fourth-order valence-corrected chi connectivity index (χ4v) is 1.69. The summed E-state index contributed by atoms with van der Waals surface area (Å²) >= 11 is 0. The lowest BCUT2D eigenvalue weighted by molar-refractivity contribution is 0.0695. The van der Waals surface area contributed by atoms with Crippen molar-refractivity contribution in [2.75, 3.05) is 0 Å². The first-order valence-electron chi connectivity index (χ1n) is 5.07. The van der Waals surface area contributed by atoms with Crippen LogP contribution in [0.25, 0.3) is 0 Å². The molecule has 82 valence electrons. The Labute approximate surface area is 88.1 Å². The minimum absolute atomic E-state index is 0.290. The predicted octanol–water partition coefficient (Wildman–Crippen LogP) is 0.616. The second kappa shape index (κ2) is 3.66. The molecular formula is C10H15N3O2. The Bertz CT molecular complexity index is 386. The van der Waals surface area contributed by atoms with Crippen LogP contribution in [-0.2, 0) is 13.6 Å². The number of aryl methyl sites for hydroxylation is 1. The summed E-state index contributed by atoms with van der Waals surface area (Å²) in [4.78, 5) is 10.9. The van der Waals surface area contributed by atoms with E-state index in [1.807, 2.05) is 0 Å². The third-order valence-electron chi connectivity index (χ3n) is 2.93. The van der Waals surface area contributed by atoms with Crippen LogP contribution in [0, 0.1) is 5.92 Å². The van der Waals surface area contributed by atoms with Crippen LogP contribution >= 0.6 is 0 Å². The number of carboxylic acid groups (broad SMARTS) is 1. The third-order valence-corrected chi connectivity index (χ3v) is 2.93. The number of nitrogens with one attached hydrogen (secondary N) is 1. The first-order valence-corrected chi connectivity index (χ1v) is 5.07. The van der Waals surface area contributed by atoms with Crippen LogP contribution < -0.4 is 5.32 Å². The van der Waals surface area contributed by atoms with Gasteiger partial charge >= 0.3 is 5.97 Å². The number of carboxylic acids is 1. The van der Waals surface area contributed by atoms with Gasteiger partial charge in [-0.25, -0.2) is 4.79 Å². The van der Waals surface area contributed by atoms with Crippen LogP contribution in [0.5, 0.6) is 0 Å². The van der Waals surface area contributed by atoms with Gasteiger partial charge in [0.05, 0.1) is 11.9 Å². The average molecular weight is 209 g/mol. The van der Waals surface area contributed by atoms with Crippen LogP contribution in [0.4, 0.5) is 0 Å². The monoisotopic (exact) mass is 209 g/mol. The molecule has 1 aliphatic carbocycles. The molecule has 2 atom stereocenters.